The Morgan fingerprint density at radius 1 is 1.38 bits per heavy atom. The highest BCUT2D eigenvalue weighted by Crippen LogP contribution is 2.32. The van der Waals surface area contributed by atoms with Crippen molar-refractivity contribution in [3.8, 4) is 0 Å². The quantitative estimate of drug-likeness (QED) is 0.783. The van der Waals surface area contributed by atoms with Crippen molar-refractivity contribution in [2.75, 3.05) is 13.6 Å². The molecule has 0 atom stereocenters. The highest BCUT2D eigenvalue weighted by atomic mass is 16.3. The molecule has 4 amide bonds. The number of hydrazine groups is 1. The number of nitrogens with one attached hydrogen (secondary N) is 2. The number of urea groups is 1. The number of hydrogen-bond acceptors (Lipinski definition) is 5. The zero-order chi connectivity index (χ0) is 17.2. The third-order valence-electron chi connectivity index (χ3n) is 4.52. The van der Waals surface area contributed by atoms with E-state index in [-0.39, 0.29) is 12.5 Å². The van der Waals surface area contributed by atoms with E-state index < -0.39 is 17.5 Å². The Morgan fingerprint density at radius 3 is 2.79 bits per heavy atom. The van der Waals surface area contributed by atoms with E-state index in [0.29, 0.717) is 19.4 Å². The number of nitrogens with zero attached hydrogens (tertiary/aromatic N) is 2. The van der Waals surface area contributed by atoms with E-state index >= 15 is 0 Å². The van der Waals surface area contributed by atoms with E-state index in [1.165, 1.54) is 0 Å². The maximum Gasteiger partial charge on any atom is 0.344 e. The largest absolute Gasteiger partial charge is 0.468 e. The van der Waals surface area contributed by atoms with Gasteiger partial charge in [0.15, 0.2) is 0 Å². The monoisotopic (exact) mass is 334 g/mol. The van der Waals surface area contributed by atoms with Crippen molar-refractivity contribution in [1.82, 2.24) is 20.7 Å². The molecule has 1 saturated carbocycles. The SMILES string of the molecule is CN(CC(=O)NN1C(=O)NC2(CCCCC2)C1=O)Cc1ccco1. The summed E-state index contributed by atoms with van der Waals surface area (Å²) in [6.07, 6.45) is 5.69. The number of hydrogen-bond donors (Lipinski definition) is 2. The molecule has 8 heteroatoms. The Morgan fingerprint density at radius 2 is 2.12 bits per heavy atom. The van der Waals surface area contributed by atoms with Gasteiger partial charge in [-0.05, 0) is 32.0 Å². The van der Waals surface area contributed by atoms with Crippen LogP contribution in [0.5, 0.6) is 0 Å². The maximum atomic E-state index is 12.6. The van der Waals surface area contributed by atoms with E-state index in [9.17, 15) is 14.4 Å². The van der Waals surface area contributed by atoms with E-state index in [2.05, 4.69) is 10.7 Å². The van der Waals surface area contributed by atoms with Crippen LogP contribution in [0.25, 0.3) is 0 Å². The molecule has 0 unspecified atom stereocenters. The minimum atomic E-state index is -0.831. The van der Waals surface area contributed by atoms with Gasteiger partial charge in [0.2, 0.25) is 0 Å². The fraction of sp³-hybridized carbons (Fsp3) is 0.562. The molecule has 1 aromatic rings. The molecule has 130 valence electrons. The van der Waals surface area contributed by atoms with E-state index in [4.69, 9.17) is 4.42 Å². The Kier molecular flexibility index (Phi) is 4.57. The first-order chi connectivity index (χ1) is 11.5. The van der Waals surface area contributed by atoms with Crippen LogP contribution in [0.4, 0.5) is 4.79 Å². The summed E-state index contributed by atoms with van der Waals surface area (Å²) in [6.45, 7) is 0.509. The lowest BCUT2D eigenvalue weighted by atomic mass is 9.82. The Bertz CT molecular complexity index is 622. The molecule has 0 radical (unpaired) electrons. The van der Waals surface area contributed by atoms with Gasteiger partial charge in [-0.2, -0.15) is 5.01 Å². The summed E-state index contributed by atoms with van der Waals surface area (Å²) in [5.74, 6) is -0.0314. The second kappa shape index (κ2) is 6.64. The molecule has 2 N–H and O–H groups in total. The van der Waals surface area contributed by atoms with Gasteiger partial charge in [-0.1, -0.05) is 19.3 Å². The van der Waals surface area contributed by atoms with Crippen molar-refractivity contribution in [3.63, 3.8) is 0 Å². The molecule has 3 rings (SSSR count). The average molecular weight is 334 g/mol. The highest BCUT2D eigenvalue weighted by Gasteiger charge is 2.52. The fourth-order valence-electron chi connectivity index (χ4n) is 3.35. The van der Waals surface area contributed by atoms with Crippen LogP contribution in [0.1, 0.15) is 37.9 Å². The summed E-state index contributed by atoms with van der Waals surface area (Å²) in [5.41, 5.74) is 1.59. The number of rotatable bonds is 5. The minimum absolute atomic E-state index is 0.0464. The van der Waals surface area contributed by atoms with Crippen molar-refractivity contribution in [1.29, 1.82) is 0 Å². The van der Waals surface area contributed by atoms with Crippen LogP contribution in [-0.4, -0.2) is 46.9 Å². The van der Waals surface area contributed by atoms with Gasteiger partial charge in [0.05, 0.1) is 19.4 Å². The van der Waals surface area contributed by atoms with Crippen molar-refractivity contribution >= 4 is 17.8 Å². The van der Waals surface area contributed by atoms with Gasteiger partial charge < -0.3 is 9.73 Å². The third kappa shape index (κ3) is 3.28. The second-order valence-corrected chi connectivity index (χ2v) is 6.50. The first-order valence-corrected chi connectivity index (χ1v) is 8.17. The molecule has 0 aromatic carbocycles. The van der Waals surface area contributed by atoms with E-state index in [0.717, 1.165) is 30.0 Å². The van der Waals surface area contributed by atoms with Gasteiger partial charge in [-0.15, -0.1) is 0 Å². The lowest BCUT2D eigenvalue weighted by molar-refractivity contribution is -0.140. The molecular weight excluding hydrogens is 312 g/mol. The van der Waals surface area contributed by atoms with Gasteiger partial charge in [0.25, 0.3) is 11.8 Å². The topological polar surface area (TPSA) is 94.9 Å². The molecule has 1 aromatic heterocycles. The zero-order valence-electron chi connectivity index (χ0n) is 13.7. The highest BCUT2D eigenvalue weighted by molar-refractivity contribution is 6.08. The number of carbonyl (C=O) groups is 3. The molecule has 1 aliphatic heterocycles. The predicted octanol–water partition coefficient (Wildman–Crippen LogP) is 0.997. The Hall–Kier alpha value is -2.35. The second-order valence-electron chi connectivity index (χ2n) is 6.50. The standard InChI is InChI=1S/C16H22N4O4/c1-19(10-12-6-5-9-24-12)11-13(21)18-20-14(22)16(17-15(20)23)7-3-2-4-8-16/h5-6,9H,2-4,7-8,10-11H2,1H3,(H,17,23)(H,18,21). The number of amides is 4. The van der Waals surface area contributed by atoms with Crippen LogP contribution in [0, 0.1) is 0 Å². The zero-order valence-corrected chi connectivity index (χ0v) is 13.7. The average Bonchev–Trinajstić information content (AvgIpc) is 3.11. The van der Waals surface area contributed by atoms with Crippen LogP contribution in [-0.2, 0) is 16.1 Å². The molecular formula is C16H22N4O4. The van der Waals surface area contributed by atoms with Crippen LogP contribution in [0.3, 0.4) is 0 Å². The number of likely N-dealkylation sites (N-methyl/N-ethyl adjacent to an activating group) is 1. The smallest absolute Gasteiger partial charge is 0.344 e. The van der Waals surface area contributed by atoms with Gasteiger partial charge in [0, 0.05) is 0 Å². The van der Waals surface area contributed by atoms with Crippen molar-refractivity contribution < 1.29 is 18.8 Å². The van der Waals surface area contributed by atoms with Gasteiger partial charge in [-0.3, -0.25) is 19.9 Å². The summed E-state index contributed by atoms with van der Waals surface area (Å²) in [4.78, 5) is 38.5. The van der Waals surface area contributed by atoms with E-state index in [1.54, 1.807) is 24.3 Å². The lowest BCUT2D eigenvalue weighted by Crippen LogP contribution is -2.52. The molecule has 8 nitrogen and oxygen atoms in total. The van der Waals surface area contributed by atoms with Crippen LogP contribution < -0.4 is 10.7 Å². The molecule has 2 aliphatic rings. The molecule has 1 aliphatic carbocycles. The molecule has 24 heavy (non-hydrogen) atoms. The molecule has 2 fully saturated rings. The number of imide groups is 1. The first kappa shape index (κ1) is 16.5. The first-order valence-electron chi connectivity index (χ1n) is 8.17. The summed E-state index contributed by atoms with van der Waals surface area (Å²) in [6, 6.07) is 3.04. The lowest BCUT2D eigenvalue weighted by Gasteiger charge is -2.30. The predicted molar refractivity (Wildman–Crippen MR) is 84.4 cm³/mol. The van der Waals surface area contributed by atoms with Gasteiger partial charge >= 0.3 is 6.03 Å². The van der Waals surface area contributed by atoms with Gasteiger partial charge in [-0.25, -0.2) is 4.79 Å². The maximum absolute atomic E-state index is 12.6. The Balaban J connectivity index is 1.56. The molecule has 2 heterocycles. The molecule has 1 spiro atoms. The van der Waals surface area contributed by atoms with Crippen LogP contribution in [0.15, 0.2) is 22.8 Å². The van der Waals surface area contributed by atoms with Gasteiger partial charge in [0.1, 0.15) is 11.3 Å². The molecule has 1 saturated heterocycles. The van der Waals surface area contributed by atoms with Crippen molar-refractivity contribution in [3.05, 3.63) is 24.2 Å². The number of furan rings is 1. The van der Waals surface area contributed by atoms with Crippen LogP contribution in [0.2, 0.25) is 0 Å². The number of carbonyl (C=O) groups excluding carboxylic acids is 3. The van der Waals surface area contributed by atoms with Crippen molar-refractivity contribution in [2.24, 2.45) is 0 Å². The summed E-state index contributed by atoms with van der Waals surface area (Å²) in [7, 11) is 1.76. The Labute approximate surface area is 140 Å². The summed E-state index contributed by atoms with van der Waals surface area (Å²) >= 11 is 0. The summed E-state index contributed by atoms with van der Waals surface area (Å²) < 4.78 is 5.23. The third-order valence-corrected chi connectivity index (χ3v) is 4.52. The van der Waals surface area contributed by atoms with E-state index in [1.807, 2.05) is 6.07 Å². The van der Waals surface area contributed by atoms with Crippen molar-refractivity contribution in [2.45, 2.75) is 44.2 Å². The molecule has 0 bridgehead atoms. The summed E-state index contributed by atoms with van der Waals surface area (Å²) in [5, 5.41) is 3.59. The minimum Gasteiger partial charge on any atom is -0.468 e. The van der Waals surface area contributed by atoms with Crippen LogP contribution >= 0.6 is 0 Å². The fourth-order valence-corrected chi connectivity index (χ4v) is 3.35. The normalized spacial score (nSPS) is 19.8.